The molecule has 1 unspecified atom stereocenters. The van der Waals surface area contributed by atoms with Gasteiger partial charge >= 0.3 is 0 Å². The first-order valence-electron chi connectivity index (χ1n) is 6.10. The van der Waals surface area contributed by atoms with E-state index in [1.54, 1.807) is 12.1 Å². The molecule has 0 bridgehead atoms. The summed E-state index contributed by atoms with van der Waals surface area (Å²) in [7, 11) is 0. The molecule has 0 saturated heterocycles. The lowest BCUT2D eigenvalue weighted by Gasteiger charge is -2.33. The molecule has 0 amide bonds. The third kappa shape index (κ3) is 4.00. The van der Waals surface area contributed by atoms with E-state index < -0.39 is 0 Å². The number of likely N-dealkylation sites (N-methyl/N-ethyl adjacent to an activating group) is 1. The Bertz CT molecular complexity index is 357. The molecule has 0 aliphatic carbocycles. The van der Waals surface area contributed by atoms with E-state index in [1.807, 2.05) is 6.07 Å². The van der Waals surface area contributed by atoms with Crippen LogP contribution in [0.2, 0.25) is 0 Å². The third-order valence-electron chi connectivity index (χ3n) is 3.08. The van der Waals surface area contributed by atoms with Crippen molar-refractivity contribution < 1.29 is 4.39 Å². The van der Waals surface area contributed by atoms with Crippen LogP contribution in [0.25, 0.3) is 0 Å². The molecule has 0 spiro atoms. The van der Waals surface area contributed by atoms with Crippen molar-refractivity contribution in [2.45, 2.75) is 33.7 Å². The summed E-state index contributed by atoms with van der Waals surface area (Å²) in [5, 5.41) is 0. The second kappa shape index (κ2) is 5.50. The Morgan fingerprint density at radius 2 is 2.00 bits per heavy atom. The maximum Gasteiger partial charge on any atom is 0.125 e. The van der Waals surface area contributed by atoms with E-state index in [-0.39, 0.29) is 17.3 Å². The molecule has 96 valence electrons. The van der Waals surface area contributed by atoms with E-state index >= 15 is 0 Å². The van der Waals surface area contributed by atoms with Gasteiger partial charge in [-0.05, 0) is 30.5 Å². The molecule has 1 aromatic carbocycles. The van der Waals surface area contributed by atoms with Crippen LogP contribution in [0, 0.1) is 11.2 Å². The van der Waals surface area contributed by atoms with E-state index in [4.69, 9.17) is 5.73 Å². The summed E-state index contributed by atoms with van der Waals surface area (Å²) in [5.74, 6) is -0.203. The average Bonchev–Trinajstić information content (AvgIpc) is 2.24. The highest BCUT2D eigenvalue weighted by Crippen LogP contribution is 2.21. The van der Waals surface area contributed by atoms with E-state index in [2.05, 4.69) is 32.6 Å². The number of halogens is 1. The Hall–Kier alpha value is -1.09. The standard InChI is InChI=1S/C14H23FN2/c1-5-17(10-13(16)14(2,3)4)12-8-6-7-11(15)9-12/h6-9,13H,5,10,16H2,1-4H3. The summed E-state index contributed by atoms with van der Waals surface area (Å²) >= 11 is 0. The van der Waals surface area contributed by atoms with Gasteiger partial charge in [0.15, 0.2) is 0 Å². The Labute approximate surface area is 104 Å². The minimum atomic E-state index is -0.203. The van der Waals surface area contributed by atoms with Gasteiger partial charge in [-0.1, -0.05) is 26.8 Å². The number of hydrogen-bond donors (Lipinski definition) is 1. The molecule has 1 atom stereocenters. The van der Waals surface area contributed by atoms with Crippen LogP contribution in [0.3, 0.4) is 0 Å². The predicted octanol–water partition coefficient (Wildman–Crippen LogP) is 3.03. The number of nitrogens with two attached hydrogens (primary N) is 1. The van der Waals surface area contributed by atoms with Gasteiger partial charge in [-0.2, -0.15) is 0 Å². The largest absolute Gasteiger partial charge is 0.370 e. The number of hydrogen-bond acceptors (Lipinski definition) is 2. The number of nitrogens with zero attached hydrogens (tertiary/aromatic N) is 1. The van der Waals surface area contributed by atoms with Crippen molar-refractivity contribution in [3.8, 4) is 0 Å². The zero-order valence-electron chi connectivity index (χ0n) is 11.2. The molecule has 2 nitrogen and oxygen atoms in total. The molecule has 0 aromatic heterocycles. The van der Waals surface area contributed by atoms with Gasteiger partial charge in [-0.15, -0.1) is 0 Å². The summed E-state index contributed by atoms with van der Waals surface area (Å²) in [6.45, 7) is 9.99. The lowest BCUT2D eigenvalue weighted by Crippen LogP contribution is -2.45. The van der Waals surface area contributed by atoms with Gasteiger partial charge in [0.2, 0.25) is 0 Å². The van der Waals surface area contributed by atoms with Gasteiger partial charge in [-0.25, -0.2) is 4.39 Å². The van der Waals surface area contributed by atoms with Gasteiger partial charge in [-0.3, -0.25) is 0 Å². The summed E-state index contributed by atoms with van der Waals surface area (Å²) in [4.78, 5) is 2.11. The molecule has 0 saturated carbocycles. The number of benzene rings is 1. The van der Waals surface area contributed by atoms with E-state index in [0.29, 0.717) is 0 Å². The van der Waals surface area contributed by atoms with Crippen LogP contribution in [0.15, 0.2) is 24.3 Å². The lowest BCUT2D eigenvalue weighted by atomic mass is 9.87. The molecule has 0 fully saturated rings. The van der Waals surface area contributed by atoms with Crippen LogP contribution < -0.4 is 10.6 Å². The minimum absolute atomic E-state index is 0.0563. The van der Waals surface area contributed by atoms with Crippen LogP contribution in [0.4, 0.5) is 10.1 Å². The maximum atomic E-state index is 13.2. The average molecular weight is 238 g/mol. The highest BCUT2D eigenvalue weighted by molar-refractivity contribution is 5.46. The molecule has 1 aromatic rings. The first kappa shape index (κ1) is 14.0. The van der Waals surface area contributed by atoms with Crippen LogP contribution in [0.1, 0.15) is 27.7 Å². The van der Waals surface area contributed by atoms with Gasteiger partial charge in [0.1, 0.15) is 5.82 Å². The van der Waals surface area contributed by atoms with Crippen molar-refractivity contribution in [1.29, 1.82) is 0 Å². The monoisotopic (exact) mass is 238 g/mol. The first-order valence-corrected chi connectivity index (χ1v) is 6.10. The maximum absolute atomic E-state index is 13.2. The van der Waals surface area contributed by atoms with Gasteiger partial charge in [0.25, 0.3) is 0 Å². The van der Waals surface area contributed by atoms with Crippen molar-refractivity contribution in [2.75, 3.05) is 18.0 Å². The first-order chi connectivity index (χ1) is 7.84. The molecule has 2 N–H and O–H groups in total. The Balaban J connectivity index is 2.79. The molecule has 0 aliphatic heterocycles. The van der Waals surface area contributed by atoms with E-state index in [9.17, 15) is 4.39 Å². The molecule has 17 heavy (non-hydrogen) atoms. The fourth-order valence-electron chi connectivity index (χ4n) is 1.60. The minimum Gasteiger partial charge on any atom is -0.370 e. The van der Waals surface area contributed by atoms with E-state index in [0.717, 1.165) is 18.8 Å². The fraction of sp³-hybridized carbons (Fsp3) is 0.571. The summed E-state index contributed by atoms with van der Waals surface area (Å²) in [6.07, 6.45) is 0. The van der Waals surface area contributed by atoms with Crippen molar-refractivity contribution in [3.05, 3.63) is 30.1 Å². The number of anilines is 1. The predicted molar refractivity (Wildman–Crippen MR) is 71.7 cm³/mol. The zero-order chi connectivity index (χ0) is 13.1. The molecular weight excluding hydrogens is 215 g/mol. The van der Waals surface area contributed by atoms with Gasteiger partial charge in [0.05, 0.1) is 0 Å². The Kier molecular flexibility index (Phi) is 4.52. The summed E-state index contributed by atoms with van der Waals surface area (Å²) < 4.78 is 13.2. The van der Waals surface area contributed by atoms with Gasteiger partial charge in [0, 0.05) is 24.8 Å². The Morgan fingerprint density at radius 3 is 2.47 bits per heavy atom. The normalized spacial score (nSPS) is 13.5. The van der Waals surface area contributed by atoms with Crippen LogP contribution in [0.5, 0.6) is 0 Å². The van der Waals surface area contributed by atoms with Crippen LogP contribution in [-0.4, -0.2) is 19.1 Å². The van der Waals surface area contributed by atoms with Crippen molar-refractivity contribution in [3.63, 3.8) is 0 Å². The third-order valence-corrected chi connectivity index (χ3v) is 3.08. The summed E-state index contributed by atoms with van der Waals surface area (Å²) in [5.41, 5.74) is 7.12. The second-order valence-corrected chi connectivity index (χ2v) is 5.49. The molecule has 0 radical (unpaired) electrons. The van der Waals surface area contributed by atoms with Crippen molar-refractivity contribution >= 4 is 5.69 Å². The molecule has 0 heterocycles. The van der Waals surface area contributed by atoms with Crippen LogP contribution >= 0.6 is 0 Å². The smallest absolute Gasteiger partial charge is 0.125 e. The van der Waals surface area contributed by atoms with Crippen LogP contribution in [-0.2, 0) is 0 Å². The topological polar surface area (TPSA) is 29.3 Å². The lowest BCUT2D eigenvalue weighted by molar-refractivity contribution is 0.321. The molecule has 3 heteroatoms. The van der Waals surface area contributed by atoms with E-state index in [1.165, 1.54) is 6.07 Å². The highest BCUT2D eigenvalue weighted by atomic mass is 19.1. The van der Waals surface area contributed by atoms with Crippen molar-refractivity contribution in [2.24, 2.45) is 11.1 Å². The Morgan fingerprint density at radius 1 is 1.35 bits per heavy atom. The fourth-order valence-corrected chi connectivity index (χ4v) is 1.60. The molecule has 0 aliphatic rings. The zero-order valence-corrected chi connectivity index (χ0v) is 11.2. The quantitative estimate of drug-likeness (QED) is 0.873. The second-order valence-electron chi connectivity index (χ2n) is 5.49. The van der Waals surface area contributed by atoms with Gasteiger partial charge < -0.3 is 10.6 Å². The summed E-state index contributed by atoms with van der Waals surface area (Å²) in [6, 6.07) is 6.73. The molecule has 1 rings (SSSR count). The van der Waals surface area contributed by atoms with Crippen molar-refractivity contribution in [1.82, 2.24) is 0 Å². The molecular formula is C14H23FN2. The number of rotatable bonds is 4. The SMILES string of the molecule is CCN(CC(N)C(C)(C)C)c1cccc(F)c1. The highest BCUT2D eigenvalue weighted by Gasteiger charge is 2.22.